The average Bonchev–Trinajstić information content (AvgIpc) is 2.55. The van der Waals surface area contributed by atoms with Gasteiger partial charge in [-0.1, -0.05) is 23.2 Å². The van der Waals surface area contributed by atoms with Crippen LogP contribution >= 0.6 is 35.0 Å². The molecule has 0 fully saturated rings. The molecule has 0 spiro atoms. The summed E-state index contributed by atoms with van der Waals surface area (Å²) in [4.78, 5) is 12.0. The van der Waals surface area contributed by atoms with Crippen molar-refractivity contribution in [3.05, 3.63) is 58.3 Å². The van der Waals surface area contributed by atoms with Gasteiger partial charge >= 0.3 is 0 Å². The zero-order chi connectivity index (χ0) is 18.4. The predicted octanol–water partition coefficient (Wildman–Crippen LogP) is 4.28. The molecule has 0 radical (unpaired) electrons. The first-order valence-corrected chi connectivity index (χ1v) is 10.7. The van der Waals surface area contributed by atoms with E-state index in [2.05, 4.69) is 5.32 Å². The minimum absolute atomic E-state index is 0.0745. The van der Waals surface area contributed by atoms with E-state index in [0.29, 0.717) is 10.7 Å². The van der Waals surface area contributed by atoms with Crippen LogP contribution in [-0.4, -0.2) is 31.6 Å². The van der Waals surface area contributed by atoms with Crippen LogP contribution in [0, 0.1) is 5.82 Å². The number of nitrogens with one attached hydrogen (secondary N) is 1. The first-order valence-electron chi connectivity index (χ1n) is 7.09. The first-order chi connectivity index (χ1) is 11.8. The van der Waals surface area contributed by atoms with Gasteiger partial charge in [-0.3, -0.25) is 4.79 Å². The Kier molecular flexibility index (Phi) is 7.13. The Morgan fingerprint density at radius 1 is 1.12 bits per heavy atom. The van der Waals surface area contributed by atoms with Crippen molar-refractivity contribution in [2.24, 2.45) is 0 Å². The van der Waals surface area contributed by atoms with E-state index in [1.807, 2.05) is 0 Å². The van der Waals surface area contributed by atoms with Crippen LogP contribution in [-0.2, 0) is 14.6 Å². The zero-order valence-corrected chi connectivity index (χ0v) is 16.0. The second-order valence-electron chi connectivity index (χ2n) is 5.00. The lowest BCUT2D eigenvalue weighted by molar-refractivity contribution is -0.113. The highest BCUT2D eigenvalue weighted by Crippen LogP contribution is 2.20. The van der Waals surface area contributed by atoms with Crippen LogP contribution in [0.1, 0.15) is 0 Å². The number of halogens is 3. The van der Waals surface area contributed by atoms with Crippen molar-refractivity contribution >= 4 is 56.4 Å². The van der Waals surface area contributed by atoms with E-state index in [1.165, 1.54) is 48.2 Å². The Balaban J connectivity index is 1.79. The van der Waals surface area contributed by atoms with Gasteiger partial charge in [-0.15, -0.1) is 0 Å². The monoisotopic (exact) mass is 421 g/mol. The molecule has 2 rings (SSSR count). The van der Waals surface area contributed by atoms with Gasteiger partial charge in [0.1, 0.15) is 5.82 Å². The Bertz CT molecular complexity index is 858. The number of hydrogen-bond donors (Lipinski definition) is 1. The molecule has 0 unspecified atom stereocenters. The molecule has 25 heavy (non-hydrogen) atoms. The second kappa shape index (κ2) is 8.89. The van der Waals surface area contributed by atoms with E-state index in [9.17, 15) is 17.6 Å². The normalized spacial score (nSPS) is 11.3. The average molecular weight is 422 g/mol. The fraction of sp³-hybridized carbons (Fsp3) is 0.188. The van der Waals surface area contributed by atoms with Gasteiger partial charge in [0, 0.05) is 16.5 Å². The summed E-state index contributed by atoms with van der Waals surface area (Å²) in [5, 5.41) is 2.95. The van der Waals surface area contributed by atoms with E-state index in [0.717, 1.165) is 6.07 Å². The zero-order valence-electron chi connectivity index (χ0n) is 12.8. The third kappa shape index (κ3) is 6.18. The van der Waals surface area contributed by atoms with E-state index in [4.69, 9.17) is 23.2 Å². The maximum Gasteiger partial charge on any atom is 0.234 e. The SMILES string of the molecule is O=C(CSCCS(=O)(=O)c1ccc(Cl)cc1)Nc1ccc(F)c(Cl)c1. The quantitative estimate of drug-likeness (QED) is 0.677. The number of benzene rings is 2. The van der Waals surface area contributed by atoms with E-state index in [-0.39, 0.29) is 33.1 Å². The van der Waals surface area contributed by atoms with Crippen LogP contribution in [0.25, 0.3) is 0 Å². The summed E-state index contributed by atoms with van der Waals surface area (Å²) in [6, 6.07) is 9.80. The van der Waals surface area contributed by atoms with Gasteiger partial charge in [0.2, 0.25) is 5.91 Å². The van der Waals surface area contributed by atoms with Crippen LogP contribution in [0.5, 0.6) is 0 Å². The summed E-state index contributed by atoms with van der Waals surface area (Å²) in [7, 11) is -3.41. The largest absolute Gasteiger partial charge is 0.325 e. The number of carbonyl (C=O) groups is 1. The minimum atomic E-state index is -3.41. The van der Waals surface area contributed by atoms with Crippen molar-refractivity contribution < 1.29 is 17.6 Å². The molecule has 0 atom stereocenters. The van der Waals surface area contributed by atoms with Crippen molar-refractivity contribution in [3.63, 3.8) is 0 Å². The summed E-state index contributed by atoms with van der Waals surface area (Å²) in [6.07, 6.45) is 0. The number of thioether (sulfide) groups is 1. The number of rotatable bonds is 7. The lowest BCUT2D eigenvalue weighted by Crippen LogP contribution is -2.16. The maximum absolute atomic E-state index is 13.0. The van der Waals surface area contributed by atoms with Crippen molar-refractivity contribution in [3.8, 4) is 0 Å². The van der Waals surface area contributed by atoms with Crippen LogP contribution in [0.4, 0.5) is 10.1 Å². The van der Waals surface area contributed by atoms with Gasteiger partial charge in [0.05, 0.1) is 21.4 Å². The molecular weight excluding hydrogens is 408 g/mol. The highest BCUT2D eigenvalue weighted by Gasteiger charge is 2.14. The Labute approximate surface area is 159 Å². The molecule has 9 heteroatoms. The third-order valence-electron chi connectivity index (χ3n) is 3.11. The van der Waals surface area contributed by atoms with Crippen LogP contribution in [0.15, 0.2) is 47.4 Å². The van der Waals surface area contributed by atoms with Gasteiger partial charge in [-0.05, 0) is 42.5 Å². The predicted molar refractivity (Wildman–Crippen MR) is 101 cm³/mol. The fourth-order valence-electron chi connectivity index (χ4n) is 1.86. The van der Waals surface area contributed by atoms with Crippen molar-refractivity contribution in [1.29, 1.82) is 0 Å². The Morgan fingerprint density at radius 3 is 2.44 bits per heavy atom. The standard InChI is InChI=1S/C16H14Cl2FNO3S2/c17-11-1-4-13(5-2-11)25(22,23)8-7-24-10-16(21)20-12-3-6-15(19)14(18)9-12/h1-6,9H,7-8,10H2,(H,20,21). The number of anilines is 1. The Hall–Kier alpha value is -1.28. The van der Waals surface area contributed by atoms with Gasteiger partial charge < -0.3 is 5.32 Å². The molecule has 134 valence electrons. The molecule has 1 amide bonds. The van der Waals surface area contributed by atoms with E-state index in [1.54, 1.807) is 0 Å². The molecule has 0 aliphatic carbocycles. The van der Waals surface area contributed by atoms with Crippen LogP contribution in [0.3, 0.4) is 0 Å². The van der Waals surface area contributed by atoms with Crippen LogP contribution < -0.4 is 5.32 Å². The molecule has 0 saturated heterocycles. The smallest absolute Gasteiger partial charge is 0.234 e. The number of carbonyl (C=O) groups excluding carboxylic acids is 1. The summed E-state index contributed by atoms with van der Waals surface area (Å²) in [6.45, 7) is 0. The molecule has 2 aromatic rings. The molecule has 4 nitrogen and oxygen atoms in total. The summed E-state index contributed by atoms with van der Waals surface area (Å²) in [5.74, 6) is -0.638. The summed E-state index contributed by atoms with van der Waals surface area (Å²) < 4.78 is 37.3. The van der Waals surface area contributed by atoms with Gasteiger partial charge in [-0.25, -0.2) is 12.8 Å². The number of sulfone groups is 1. The highest BCUT2D eigenvalue weighted by atomic mass is 35.5. The highest BCUT2D eigenvalue weighted by molar-refractivity contribution is 8.01. The van der Waals surface area contributed by atoms with Crippen molar-refractivity contribution in [1.82, 2.24) is 0 Å². The number of amides is 1. The lowest BCUT2D eigenvalue weighted by Gasteiger charge is -2.07. The van der Waals surface area contributed by atoms with Gasteiger partial charge in [-0.2, -0.15) is 11.8 Å². The van der Waals surface area contributed by atoms with E-state index < -0.39 is 15.7 Å². The topological polar surface area (TPSA) is 63.2 Å². The van der Waals surface area contributed by atoms with Gasteiger partial charge in [0.25, 0.3) is 0 Å². The molecule has 0 bridgehead atoms. The molecular formula is C16H14Cl2FNO3S2. The van der Waals surface area contributed by atoms with Crippen molar-refractivity contribution in [2.45, 2.75) is 4.90 Å². The van der Waals surface area contributed by atoms with Crippen molar-refractivity contribution in [2.75, 3.05) is 22.6 Å². The van der Waals surface area contributed by atoms with Gasteiger partial charge in [0.15, 0.2) is 9.84 Å². The maximum atomic E-state index is 13.0. The molecule has 2 aromatic carbocycles. The molecule has 0 aliphatic rings. The molecule has 0 heterocycles. The lowest BCUT2D eigenvalue weighted by atomic mass is 10.3. The summed E-state index contributed by atoms with van der Waals surface area (Å²) >= 11 is 12.6. The fourth-order valence-corrected chi connectivity index (χ4v) is 4.71. The molecule has 0 aliphatic heterocycles. The second-order valence-corrected chi connectivity index (χ2v) is 9.06. The minimum Gasteiger partial charge on any atom is -0.325 e. The Morgan fingerprint density at radius 2 is 1.80 bits per heavy atom. The first kappa shape index (κ1) is 20.0. The van der Waals surface area contributed by atoms with Crippen LogP contribution in [0.2, 0.25) is 10.0 Å². The third-order valence-corrected chi connectivity index (χ3v) is 6.60. The molecule has 0 aromatic heterocycles. The molecule has 0 saturated carbocycles. The van der Waals surface area contributed by atoms with E-state index >= 15 is 0 Å². The molecule has 1 N–H and O–H groups in total. The summed E-state index contributed by atoms with van der Waals surface area (Å²) in [5.41, 5.74) is 0.380. The number of hydrogen-bond acceptors (Lipinski definition) is 4.